The molecule has 1 N–H and O–H groups in total. The quantitative estimate of drug-likeness (QED) is 0.459. The fourth-order valence-corrected chi connectivity index (χ4v) is 0.144. The molecule has 3 heteroatoms. The number of nitrogens with one attached hydrogen (secondary N) is 1. The van der Waals surface area contributed by atoms with Crippen LogP contribution in [0.25, 0.3) is 0 Å². The Kier molecular flexibility index (Phi) is 0.259. The molecule has 5 heavy (non-hydrogen) atoms. The van der Waals surface area contributed by atoms with E-state index in [9.17, 15) is 0 Å². The van der Waals surface area contributed by atoms with Crippen LogP contribution in [-0.4, -0.2) is 15.4 Å². The second-order valence-electron chi connectivity index (χ2n) is 0.603. The van der Waals surface area contributed by atoms with Crippen LogP contribution in [0.1, 0.15) is 1.37 Å². The molecule has 0 unspecified atom stereocenters. The van der Waals surface area contributed by atoms with Crippen LogP contribution in [0.4, 0.5) is 0 Å². The van der Waals surface area contributed by atoms with E-state index in [1.807, 2.05) is 0 Å². The van der Waals surface area contributed by atoms with Crippen molar-refractivity contribution in [3.05, 3.63) is 12.4 Å². The molecule has 0 spiro atoms. The summed E-state index contributed by atoms with van der Waals surface area (Å²) in [5, 5.41) is 8.92. The molecule has 0 saturated carbocycles. The molecule has 1 rings (SSSR count). The third-order valence-electron chi connectivity index (χ3n) is 0.295. The largest absolute Gasteiger partial charge is 0.266 e. The van der Waals surface area contributed by atoms with Gasteiger partial charge in [-0.3, -0.25) is 5.10 Å². The van der Waals surface area contributed by atoms with Crippen molar-refractivity contribution in [1.82, 2.24) is 15.4 Å². The summed E-state index contributed by atoms with van der Waals surface area (Å²) in [6.07, 6.45) is 1.58. The lowest BCUT2D eigenvalue weighted by molar-refractivity contribution is 0.940. The van der Waals surface area contributed by atoms with E-state index in [2.05, 4.69) is 15.4 Å². The highest BCUT2D eigenvalue weighted by Gasteiger charge is 1.57. The van der Waals surface area contributed by atoms with E-state index in [0.29, 0.717) is 0 Å². The Balaban J connectivity index is 3.05. The van der Waals surface area contributed by atoms with Crippen LogP contribution in [0.2, 0.25) is 0 Å². The lowest BCUT2D eigenvalue weighted by Crippen LogP contribution is -1.61. The molecule has 26 valence electrons. The number of nitrogens with zero attached hydrogens (tertiary/aromatic N) is 2. The number of rotatable bonds is 0. The molecule has 1 aromatic heterocycles. The van der Waals surface area contributed by atoms with Gasteiger partial charge in [0.25, 0.3) is 0 Å². The predicted octanol–water partition coefficient (Wildman–Crippen LogP) is -0.195. The first-order chi connectivity index (χ1) is 2.89. The van der Waals surface area contributed by atoms with Crippen LogP contribution in [0.15, 0.2) is 12.4 Å². The number of aromatic amines is 1. The maximum absolute atomic E-state index is 6.67. The van der Waals surface area contributed by atoms with E-state index < -0.39 is 0 Å². The molecule has 0 saturated heterocycles. The molecule has 0 bridgehead atoms. The molecular weight excluding hydrogens is 66.0 g/mol. The van der Waals surface area contributed by atoms with Crippen molar-refractivity contribution in [3.8, 4) is 0 Å². The molecule has 0 aliphatic heterocycles. The smallest absolute Gasteiger partial charge is 0.0877 e. The molecular formula is C2H3N3. The molecule has 0 fully saturated rings. The Morgan fingerprint density at radius 1 is 2.00 bits per heavy atom. The fraction of sp³-hybridized carbons (Fsp3) is 0. The van der Waals surface area contributed by atoms with Crippen LogP contribution in [0.5, 0.6) is 0 Å². The number of aromatic nitrogens is 3. The van der Waals surface area contributed by atoms with E-state index in [-0.39, 0.29) is 6.17 Å². The van der Waals surface area contributed by atoms with E-state index in [4.69, 9.17) is 1.37 Å². The predicted molar refractivity (Wildman–Crippen MR) is 16.4 cm³/mol. The Hall–Kier alpha value is -0.860. The van der Waals surface area contributed by atoms with Gasteiger partial charge in [0.2, 0.25) is 0 Å². The van der Waals surface area contributed by atoms with Crippen LogP contribution >= 0.6 is 0 Å². The molecule has 3 nitrogen and oxygen atoms in total. The second kappa shape index (κ2) is 0.839. The van der Waals surface area contributed by atoms with Gasteiger partial charge in [0.05, 0.1) is 7.54 Å². The Labute approximate surface area is 30.4 Å². The monoisotopic (exact) mass is 70.0 g/mol. The van der Waals surface area contributed by atoms with Crippen LogP contribution < -0.4 is 0 Å². The topological polar surface area (TPSA) is 41.6 Å². The van der Waals surface area contributed by atoms with Crippen LogP contribution in [-0.2, 0) is 0 Å². The van der Waals surface area contributed by atoms with Gasteiger partial charge in [0, 0.05) is 6.20 Å². The summed E-state index contributed by atoms with van der Waals surface area (Å²) in [4.78, 5) is 0. The van der Waals surface area contributed by atoms with Crippen LogP contribution in [0, 0.1) is 0 Å². The molecule has 0 atom stereocenters. The zero-order valence-corrected chi connectivity index (χ0v) is 2.47. The van der Waals surface area contributed by atoms with E-state index >= 15 is 0 Å². The van der Waals surface area contributed by atoms with E-state index in [0.717, 1.165) is 0 Å². The van der Waals surface area contributed by atoms with Gasteiger partial charge in [-0.25, -0.2) is 0 Å². The van der Waals surface area contributed by atoms with E-state index in [1.54, 1.807) is 0 Å². The number of H-pyrrole nitrogens is 1. The summed E-state index contributed by atoms with van der Waals surface area (Å²) in [7, 11) is 0. The minimum atomic E-state index is 0.176. The fourth-order valence-electron chi connectivity index (χ4n) is 0.144. The number of hydrogen-bond acceptors (Lipinski definition) is 2. The molecule has 0 radical (unpaired) electrons. The zero-order chi connectivity index (χ0) is 4.41. The van der Waals surface area contributed by atoms with Gasteiger partial charge in [-0.1, -0.05) is 5.21 Å². The first kappa shape index (κ1) is 1.55. The molecule has 0 aliphatic rings. The second-order valence-corrected chi connectivity index (χ2v) is 0.603. The maximum atomic E-state index is 6.67. The summed E-state index contributed by atoms with van der Waals surface area (Å²) in [6.45, 7) is 0. The van der Waals surface area contributed by atoms with Crippen molar-refractivity contribution in [3.63, 3.8) is 0 Å². The van der Waals surface area contributed by atoms with Gasteiger partial charge in [0.15, 0.2) is 0 Å². The SMILES string of the molecule is [2H]c1c[nH]nn1. The molecule has 1 aromatic rings. The van der Waals surface area contributed by atoms with Gasteiger partial charge in [-0.2, -0.15) is 0 Å². The number of hydrogen-bond donors (Lipinski definition) is 1. The molecule has 0 aromatic carbocycles. The average Bonchev–Trinajstić information content (AvgIpc) is 1.86. The first-order valence-electron chi connectivity index (χ1n) is 1.72. The van der Waals surface area contributed by atoms with E-state index in [1.165, 1.54) is 6.20 Å². The highest BCUT2D eigenvalue weighted by atomic mass is 15.3. The maximum Gasteiger partial charge on any atom is 0.0877 e. The lowest BCUT2D eigenvalue weighted by Gasteiger charge is -1.46. The van der Waals surface area contributed by atoms with Crippen molar-refractivity contribution in [2.24, 2.45) is 0 Å². The van der Waals surface area contributed by atoms with Crippen LogP contribution in [0.3, 0.4) is 0 Å². The minimum absolute atomic E-state index is 0.176. The third-order valence-corrected chi connectivity index (χ3v) is 0.295. The standard InChI is InChI=1S/C2H3N3/c1-2-4-5-3-1/h1-2H,(H,3,4,5)/i1D. The molecule has 1 heterocycles. The Bertz CT molecular complexity index is 112. The minimum Gasteiger partial charge on any atom is -0.266 e. The lowest BCUT2D eigenvalue weighted by atomic mass is 11.0. The van der Waals surface area contributed by atoms with Crippen molar-refractivity contribution < 1.29 is 1.37 Å². The molecule has 0 aliphatic carbocycles. The van der Waals surface area contributed by atoms with Gasteiger partial charge >= 0.3 is 0 Å². The highest BCUT2D eigenvalue weighted by molar-refractivity contribution is 4.54. The Morgan fingerprint density at radius 3 is 3.20 bits per heavy atom. The normalized spacial score (nSPS) is 10.8. The molecule has 0 amide bonds. The summed E-state index contributed by atoms with van der Waals surface area (Å²) >= 11 is 0. The van der Waals surface area contributed by atoms with Crippen molar-refractivity contribution >= 4 is 0 Å². The summed E-state index contributed by atoms with van der Waals surface area (Å²) in [5.41, 5.74) is 0. The van der Waals surface area contributed by atoms with Crippen molar-refractivity contribution in [2.75, 3.05) is 0 Å². The third kappa shape index (κ3) is 0.238. The van der Waals surface area contributed by atoms with Gasteiger partial charge in [0.1, 0.15) is 0 Å². The zero-order valence-electron chi connectivity index (χ0n) is 3.47. The van der Waals surface area contributed by atoms with Crippen molar-refractivity contribution in [1.29, 1.82) is 0 Å². The average molecular weight is 70.1 g/mol. The summed E-state index contributed by atoms with van der Waals surface area (Å²) in [6, 6.07) is 0. The first-order valence-corrected chi connectivity index (χ1v) is 1.22. The highest BCUT2D eigenvalue weighted by Crippen LogP contribution is 1.55. The van der Waals surface area contributed by atoms with Gasteiger partial charge < -0.3 is 0 Å². The Morgan fingerprint density at radius 2 is 3.00 bits per heavy atom. The summed E-state index contributed by atoms with van der Waals surface area (Å²) in [5.74, 6) is 0. The summed E-state index contributed by atoms with van der Waals surface area (Å²) < 4.78 is 6.67. The van der Waals surface area contributed by atoms with Crippen molar-refractivity contribution in [2.45, 2.75) is 0 Å². The van der Waals surface area contributed by atoms with Gasteiger partial charge in [-0.05, 0) is 0 Å². The van der Waals surface area contributed by atoms with Gasteiger partial charge in [-0.15, -0.1) is 5.10 Å².